The van der Waals surface area contributed by atoms with Crippen molar-refractivity contribution in [2.45, 2.75) is 45.4 Å². The normalized spacial score (nSPS) is 15.6. The highest BCUT2D eigenvalue weighted by molar-refractivity contribution is 6.18. The summed E-state index contributed by atoms with van der Waals surface area (Å²) in [5.41, 5.74) is 0.696. The average Bonchev–Trinajstić information content (AvgIpc) is 3.10. The first-order valence-electron chi connectivity index (χ1n) is 10.9. The van der Waals surface area contributed by atoms with Crippen molar-refractivity contribution in [1.29, 1.82) is 0 Å². The molecular weight excluding hydrogens is 445 g/mol. The second kappa shape index (κ2) is 8.34. The van der Waals surface area contributed by atoms with Gasteiger partial charge in [-0.15, -0.1) is 0 Å². The number of carbonyl (C=O) groups is 2. The zero-order valence-corrected chi connectivity index (χ0v) is 19.3. The largest absolute Gasteiger partial charge is 0.459 e. The van der Waals surface area contributed by atoms with Crippen molar-refractivity contribution in [2.75, 3.05) is 6.54 Å². The van der Waals surface area contributed by atoms with E-state index in [9.17, 15) is 22.8 Å². The Hall–Kier alpha value is -3.55. The van der Waals surface area contributed by atoms with E-state index in [0.717, 1.165) is 28.6 Å². The van der Waals surface area contributed by atoms with Gasteiger partial charge in [0.1, 0.15) is 0 Å². The summed E-state index contributed by atoms with van der Waals surface area (Å²) in [6.45, 7) is 7.45. The SMILES string of the molecule is CC(C)OC(=O)C1=CN(C(=O)c2cccc(C(F)(F)F)c2)CC(C)(C)c2c1[nH]c1ccccc21. The van der Waals surface area contributed by atoms with Crippen LogP contribution in [0.4, 0.5) is 13.2 Å². The van der Waals surface area contributed by atoms with Gasteiger partial charge in [0.05, 0.1) is 22.9 Å². The van der Waals surface area contributed by atoms with Gasteiger partial charge in [0, 0.05) is 34.6 Å². The molecule has 0 bridgehead atoms. The number of nitrogens with zero attached hydrogens (tertiary/aromatic N) is 1. The Labute approximate surface area is 195 Å². The number of aromatic amines is 1. The molecule has 2 heterocycles. The monoisotopic (exact) mass is 470 g/mol. The van der Waals surface area contributed by atoms with E-state index in [-0.39, 0.29) is 17.7 Å². The van der Waals surface area contributed by atoms with Gasteiger partial charge in [0.2, 0.25) is 0 Å². The molecule has 0 spiro atoms. The number of nitrogens with one attached hydrogen (secondary N) is 1. The highest BCUT2D eigenvalue weighted by atomic mass is 19.4. The predicted molar refractivity (Wildman–Crippen MR) is 123 cm³/mol. The van der Waals surface area contributed by atoms with Gasteiger partial charge in [-0.25, -0.2) is 4.79 Å². The van der Waals surface area contributed by atoms with Gasteiger partial charge < -0.3 is 14.6 Å². The molecule has 4 rings (SSSR count). The van der Waals surface area contributed by atoms with E-state index in [1.165, 1.54) is 23.2 Å². The molecule has 1 N–H and O–H groups in total. The van der Waals surface area contributed by atoms with Crippen LogP contribution in [0.3, 0.4) is 0 Å². The Morgan fingerprint density at radius 2 is 1.79 bits per heavy atom. The molecule has 178 valence electrons. The summed E-state index contributed by atoms with van der Waals surface area (Å²) >= 11 is 0. The smallest absolute Gasteiger partial charge is 0.416 e. The molecule has 3 aromatic rings. The number of benzene rings is 2. The number of hydrogen-bond donors (Lipinski definition) is 1. The Morgan fingerprint density at radius 3 is 2.47 bits per heavy atom. The lowest BCUT2D eigenvalue weighted by Gasteiger charge is -2.29. The number of hydrogen-bond acceptors (Lipinski definition) is 3. The van der Waals surface area contributed by atoms with Crippen LogP contribution in [-0.4, -0.2) is 34.4 Å². The minimum absolute atomic E-state index is 0.117. The minimum Gasteiger partial charge on any atom is -0.459 e. The summed E-state index contributed by atoms with van der Waals surface area (Å²) in [7, 11) is 0. The van der Waals surface area contributed by atoms with Crippen LogP contribution in [0.15, 0.2) is 54.7 Å². The zero-order valence-electron chi connectivity index (χ0n) is 19.3. The lowest BCUT2D eigenvalue weighted by atomic mass is 9.81. The number of para-hydroxylation sites is 1. The van der Waals surface area contributed by atoms with Gasteiger partial charge in [0.25, 0.3) is 5.91 Å². The van der Waals surface area contributed by atoms with Crippen LogP contribution in [0.5, 0.6) is 0 Å². The molecular formula is C26H25F3N2O3. The topological polar surface area (TPSA) is 62.4 Å². The van der Waals surface area contributed by atoms with Gasteiger partial charge in [-0.1, -0.05) is 38.1 Å². The van der Waals surface area contributed by atoms with Gasteiger partial charge >= 0.3 is 12.1 Å². The molecule has 8 heteroatoms. The molecule has 34 heavy (non-hydrogen) atoms. The molecule has 0 fully saturated rings. The molecule has 1 amide bonds. The summed E-state index contributed by atoms with van der Waals surface area (Å²) < 4.78 is 45.2. The quantitative estimate of drug-likeness (QED) is 0.484. The maximum absolute atomic E-state index is 13.4. The van der Waals surface area contributed by atoms with Crippen LogP contribution in [0.1, 0.15) is 54.9 Å². The number of halogens is 3. The second-order valence-corrected chi connectivity index (χ2v) is 9.31. The van der Waals surface area contributed by atoms with Gasteiger partial charge in [-0.2, -0.15) is 13.2 Å². The molecule has 0 atom stereocenters. The Morgan fingerprint density at radius 1 is 1.09 bits per heavy atom. The standard InChI is InChI=1S/C26H25F3N2O3/c1-15(2)34-24(33)19-13-31(23(32)16-8-7-9-17(12-16)26(27,28)29)14-25(3,4)21-18-10-5-6-11-20(18)30-22(19)21/h5-13,15,30H,14H2,1-4H3. The first kappa shape index (κ1) is 23.6. The Bertz CT molecular complexity index is 1300. The third kappa shape index (κ3) is 4.32. The van der Waals surface area contributed by atoms with E-state index in [0.29, 0.717) is 5.69 Å². The van der Waals surface area contributed by atoms with Crippen molar-refractivity contribution < 1.29 is 27.5 Å². The lowest BCUT2D eigenvalue weighted by molar-refractivity contribution is -0.140. The van der Waals surface area contributed by atoms with Crippen LogP contribution in [0, 0.1) is 0 Å². The Kier molecular flexibility index (Phi) is 5.79. The molecule has 1 aliphatic rings. The first-order chi connectivity index (χ1) is 15.9. The van der Waals surface area contributed by atoms with Crippen molar-refractivity contribution >= 4 is 28.4 Å². The van der Waals surface area contributed by atoms with Crippen molar-refractivity contribution in [3.63, 3.8) is 0 Å². The second-order valence-electron chi connectivity index (χ2n) is 9.31. The highest BCUT2D eigenvalue weighted by Gasteiger charge is 2.38. The molecule has 0 aliphatic carbocycles. The number of ether oxygens (including phenoxy) is 1. The van der Waals surface area contributed by atoms with Crippen LogP contribution >= 0.6 is 0 Å². The maximum atomic E-state index is 13.4. The molecule has 0 unspecified atom stereocenters. The van der Waals surface area contributed by atoms with E-state index in [1.807, 2.05) is 38.1 Å². The molecule has 2 aromatic carbocycles. The molecule has 0 saturated carbocycles. The van der Waals surface area contributed by atoms with Crippen LogP contribution in [-0.2, 0) is 21.1 Å². The fourth-order valence-corrected chi connectivity index (χ4v) is 4.37. The van der Waals surface area contributed by atoms with Crippen molar-refractivity contribution in [3.8, 4) is 0 Å². The van der Waals surface area contributed by atoms with Gasteiger partial charge in [0.15, 0.2) is 0 Å². The van der Waals surface area contributed by atoms with Crippen LogP contribution < -0.4 is 0 Å². The van der Waals surface area contributed by atoms with Gasteiger partial charge in [-0.05, 0) is 43.7 Å². The van der Waals surface area contributed by atoms with E-state index < -0.39 is 35.1 Å². The number of carbonyl (C=O) groups excluding carboxylic acids is 2. The summed E-state index contributed by atoms with van der Waals surface area (Å²) in [5, 5.41) is 0.902. The van der Waals surface area contributed by atoms with E-state index in [2.05, 4.69) is 4.98 Å². The van der Waals surface area contributed by atoms with Crippen molar-refractivity contribution in [2.24, 2.45) is 0 Å². The van der Waals surface area contributed by atoms with E-state index >= 15 is 0 Å². The lowest BCUT2D eigenvalue weighted by Crippen LogP contribution is -2.37. The summed E-state index contributed by atoms with van der Waals surface area (Å²) in [6, 6.07) is 11.9. The number of H-pyrrole nitrogens is 1. The van der Waals surface area contributed by atoms with E-state index in [1.54, 1.807) is 13.8 Å². The number of esters is 1. The maximum Gasteiger partial charge on any atom is 0.416 e. The number of rotatable bonds is 3. The molecule has 0 radical (unpaired) electrons. The first-order valence-corrected chi connectivity index (χ1v) is 10.9. The minimum atomic E-state index is -4.58. The fourth-order valence-electron chi connectivity index (χ4n) is 4.37. The third-order valence-corrected chi connectivity index (χ3v) is 5.76. The van der Waals surface area contributed by atoms with E-state index in [4.69, 9.17) is 4.74 Å². The van der Waals surface area contributed by atoms with Crippen molar-refractivity contribution in [1.82, 2.24) is 9.88 Å². The molecule has 0 saturated heterocycles. The number of amides is 1. The average molecular weight is 470 g/mol. The summed E-state index contributed by atoms with van der Waals surface area (Å²) in [6.07, 6.45) is -3.59. The summed E-state index contributed by atoms with van der Waals surface area (Å²) in [4.78, 5) is 31.1. The molecule has 5 nitrogen and oxygen atoms in total. The summed E-state index contributed by atoms with van der Waals surface area (Å²) in [5.74, 6) is -1.26. The fraction of sp³-hybridized carbons (Fsp3) is 0.308. The van der Waals surface area contributed by atoms with Crippen molar-refractivity contribution in [3.05, 3.63) is 77.1 Å². The predicted octanol–water partition coefficient (Wildman–Crippen LogP) is 5.91. The Balaban J connectivity index is 1.87. The molecule has 1 aromatic heterocycles. The number of aromatic nitrogens is 1. The van der Waals surface area contributed by atoms with Gasteiger partial charge in [-0.3, -0.25) is 4.79 Å². The number of fused-ring (bicyclic) bond motifs is 3. The van der Waals surface area contributed by atoms with Crippen LogP contribution in [0.25, 0.3) is 16.5 Å². The highest BCUT2D eigenvalue weighted by Crippen LogP contribution is 2.40. The molecule has 1 aliphatic heterocycles. The zero-order chi connectivity index (χ0) is 24.8. The third-order valence-electron chi connectivity index (χ3n) is 5.76. The van der Waals surface area contributed by atoms with Crippen LogP contribution in [0.2, 0.25) is 0 Å². The number of alkyl halides is 3.